The summed E-state index contributed by atoms with van der Waals surface area (Å²) in [5, 5.41) is 3.96. The van der Waals surface area contributed by atoms with Crippen molar-refractivity contribution in [2.75, 3.05) is 6.61 Å². The highest BCUT2D eigenvalue weighted by Gasteiger charge is 2.21. The van der Waals surface area contributed by atoms with Gasteiger partial charge in [-0.1, -0.05) is 57.8 Å². The topological polar surface area (TPSA) is 21.3 Å². The van der Waals surface area contributed by atoms with E-state index in [1.54, 1.807) is 0 Å². The molecule has 0 aromatic carbocycles. The van der Waals surface area contributed by atoms with Crippen molar-refractivity contribution in [3.63, 3.8) is 0 Å². The standard InChI is InChI=1S/C18H35NO/c1-16-15-18(13-14-20-16)19-17-11-9-7-5-3-2-4-6-8-10-12-17/h16-19H,2-15H2,1H3. The fraction of sp³-hybridized carbons (Fsp3) is 1.00. The van der Waals surface area contributed by atoms with Gasteiger partial charge in [0.25, 0.3) is 0 Å². The Hall–Kier alpha value is -0.0800. The van der Waals surface area contributed by atoms with Crippen LogP contribution in [0.25, 0.3) is 0 Å². The van der Waals surface area contributed by atoms with Crippen molar-refractivity contribution in [2.24, 2.45) is 0 Å². The molecule has 2 aliphatic rings. The zero-order valence-electron chi connectivity index (χ0n) is 13.5. The molecule has 2 rings (SSSR count). The van der Waals surface area contributed by atoms with E-state index in [9.17, 15) is 0 Å². The smallest absolute Gasteiger partial charge is 0.0561 e. The van der Waals surface area contributed by atoms with Crippen LogP contribution in [0.4, 0.5) is 0 Å². The van der Waals surface area contributed by atoms with Gasteiger partial charge in [0.05, 0.1) is 6.10 Å². The summed E-state index contributed by atoms with van der Waals surface area (Å²) in [4.78, 5) is 0. The van der Waals surface area contributed by atoms with Gasteiger partial charge in [-0.3, -0.25) is 0 Å². The lowest BCUT2D eigenvalue weighted by Crippen LogP contribution is -2.43. The van der Waals surface area contributed by atoms with Crippen LogP contribution < -0.4 is 5.32 Å². The molecule has 0 aromatic heterocycles. The Morgan fingerprint density at radius 3 is 1.80 bits per heavy atom. The normalized spacial score (nSPS) is 32.2. The lowest BCUT2D eigenvalue weighted by atomic mass is 9.96. The molecule has 2 heteroatoms. The lowest BCUT2D eigenvalue weighted by Gasteiger charge is -2.32. The second kappa shape index (κ2) is 9.78. The van der Waals surface area contributed by atoms with E-state index in [2.05, 4.69) is 12.2 Å². The van der Waals surface area contributed by atoms with Crippen molar-refractivity contribution in [1.29, 1.82) is 0 Å². The van der Waals surface area contributed by atoms with Crippen molar-refractivity contribution in [3.8, 4) is 0 Å². The van der Waals surface area contributed by atoms with E-state index < -0.39 is 0 Å². The first-order chi connectivity index (χ1) is 9.84. The molecule has 2 atom stereocenters. The molecule has 2 nitrogen and oxygen atoms in total. The highest BCUT2D eigenvalue weighted by molar-refractivity contribution is 4.79. The molecule has 0 bridgehead atoms. The molecule has 20 heavy (non-hydrogen) atoms. The van der Waals surface area contributed by atoms with Crippen molar-refractivity contribution in [3.05, 3.63) is 0 Å². The van der Waals surface area contributed by atoms with Gasteiger partial charge in [-0.25, -0.2) is 0 Å². The number of ether oxygens (including phenoxy) is 1. The zero-order valence-corrected chi connectivity index (χ0v) is 13.5. The molecule has 118 valence electrons. The predicted octanol–water partition coefficient (Wildman–Crippen LogP) is 4.82. The van der Waals surface area contributed by atoms with Crippen LogP contribution in [0.5, 0.6) is 0 Å². The molecule has 0 spiro atoms. The number of hydrogen-bond acceptors (Lipinski definition) is 2. The molecule has 2 unspecified atom stereocenters. The highest BCUT2D eigenvalue weighted by atomic mass is 16.5. The molecule has 1 aliphatic carbocycles. The molecule has 1 saturated carbocycles. The maximum atomic E-state index is 5.67. The number of rotatable bonds is 2. The van der Waals surface area contributed by atoms with Gasteiger partial charge in [-0.2, -0.15) is 0 Å². The Morgan fingerprint density at radius 1 is 0.700 bits per heavy atom. The molecule has 0 amide bonds. The van der Waals surface area contributed by atoms with E-state index in [1.807, 2.05) is 0 Å². The minimum atomic E-state index is 0.451. The molecular weight excluding hydrogens is 246 g/mol. The third-order valence-electron chi connectivity index (χ3n) is 5.06. The average Bonchev–Trinajstić information content (AvgIpc) is 2.42. The van der Waals surface area contributed by atoms with E-state index in [-0.39, 0.29) is 0 Å². The summed E-state index contributed by atoms with van der Waals surface area (Å²) in [6, 6.07) is 1.47. The van der Waals surface area contributed by atoms with Crippen LogP contribution in [0.2, 0.25) is 0 Å². The fourth-order valence-corrected chi connectivity index (χ4v) is 3.81. The molecule has 1 heterocycles. The summed E-state index contributed by atoms with van der Waals surface area (Å²) in [6.07, 6.45) is 18.7. The Labute approximate surface area is 126 Å². The first-order valence-electron chi connectivity index (χ1n) is 9.22. The van der Waals surface area contributed by atoms with E-state index in [0.717, 1.165) is 12.6 Å². The molecule has 2 fully saturated rings. The quantitative estimate of drug-likeness (QED) is 0.783. The van der Waals surface area contributed by atoms with E-state index in [4.69, 9.17) is 4.74 Å². The molecule has 1 saturated heterocycles. The van der Waals surface area contributed by atoms with Gasteiger partial charge in [-0.15, -0.1) is 0 Å². The SMILES string of the molecule is CC1CC(NC2CCCCCCCCCCC2)CCO1. The van der Waals surface area contributed by atoms with Crippen LogP contribution in [0.3, 0.4) is 0 Å². The van der Waals surface area contributed by atoms with Gasteiger partial charge < -0.3 is 10.1 Å². The Morgan fingerprint density at radius 2 is 1.25 bits per heavy atom. The Bertz CT molecular complexity index is 232. The van der Waals surface area contributed by atoms with Crippen LogP contribution in [-0.4, -0.2) is 24.8 Å². The van der Waals surface area contributed by atoms with Crippen LogP contribution in [0.1, 0.15) is 90.4 Å². The molecule has 1 N–H and O–H groups in total. The van der Waals surface area contributed by atoms with Crippen molar-refractivity contribution < 1.29 is 4.74 Å². The summed E-state index contributed by atoms with van der Waals surface area (Å²) >= 11 is 0. The van der Waals surface area contributed by atoms with Gasteiger partial charge in [0.2, 0.25) is 0 Å². The van der Waals surface area contributed by atoms with Crippen LogP contribution in [0, 0.1) is 0 Å². The average molecular weight is 281 g/mol. The largest absolute Gasteiger partial charge is 0.378 e. The zero-order chi connectivity index (χ0) is 14.0. The van der Waals surface area contributed by atoms with Crippen LogP contribution in [-0.2, 0) is 4.74 Å². The lowest BCUT2D eigenvalue weighted by molar-refractivity contribution is 0.0107. The van der Waals surface area contributed by atoms with Gasteiger partial charge in [0.15, 0.2) is 0 Å². The molecule has 0 aromatic rings. The Balaban J connectivity index is 1.73. The van der Waals surface area contributed by atoms with Gasteiger partial charge in [-0.05, 0) is 32.6 Å². The Kier molecular flexibility index (Phi) is 7.97. The first-order valence-corrected chi connectivity index (χ1v) is 9.22. The molecule has 1 aliphatic heterocycles. The minimum Gasteiger partial charge on any atom is -0.378 e. The van der Waals surface area contributed by atoms with Gasteiger partial charge >= 0.3 is 0 Å². The van der Waals surface area contributed by atoms with E-state index in [1.165, 1.54) is 83.5 Å². The monoisotopic (exact) mass is 281 g/mol. The molecular formula is C18H35NO. The summed E-state index contributed by atoms with van der Waals surface area (Å²) in [7, 11) is 0. The first kappa shape index (κ1) is 16.3. The summed E-state index contributed by atoms with van der Waals surface area (Å²) < 4.78 is 5.67. The van der Waals surface area contributed by atoms with Gasteiger partial charge in [0.1, 0.15) is 0 Å². The van der Waals surface area contributed by atoms with E-state index in [0.29, 0.717) is 12.1 Å². The second-order valence-electron chi connectivity index (χ2n) is 7.03. The predicted molar refractivity (Wildman–Crippen MR) is 86.1 cm³/mol. The van der Waals surface area contributed by atoms with Crippen LogP contribution in [0.15, 0.2) is 0 Å². The third-order valence-corrected chi connectivity index (χ3v) is 5.06. The summed E-state index contributed by atoms with van der Waals surface area (Å²) in [6.45, 7) is 3.17. The third kappa shape index (κ3) is 6.58. The minimum absolute atomic E-state index is 0.451. The summed E-state index contributed by atoms with van der Waals surface area (Å²) in [5.41, 5.74) is 0. The van der Waals surface area contributed by atoms with Crippen molar-refractivity contribution >= 4 is 0 Å². The number of hydrogen-bond donors (Lipinski definition) is 1. The number of nitrogens with one attached hydrogen (secondary N) is 1. The van der Waals surface area contributed by atoms with E-state index >= 15 is 0 Å². The van der Waals surface area contributed by atoms with Gasteiger partial charge in [0, 0.05) is 18.7 Å². The van der Waals surface area contributed by atoms with Crippen molar-refractivity contribution in [2.45, 2.75) is 109 Å². The molecule has 0 radical (unpaired) electrons. The second-order valence-corrected chi connectivity index (χ2v) is 7.03. The maximum absolute atomic E-state index is 5.67. The fourth-order valence-electron chi connectivity index (χ4n) is 3.81. The maximum Gasteiger partial charge on any atom is 0.0561 e. The highest BCUT2D eigenvalue weighted by Crippen LogP contribution is 2.20. The summed E-state index contributed by atoms with van der Waals surface area (Å²) in [5.74, 6) is 0. The van der Waals surface area contributed by atoms with Crippen molar-refractivity contribution in [1.82, 2.24) is 5.32 Å². The van der Waals surface area contributed by atoms with Crippen LogP contribution >= 0.6 is 0 Å².